The molecule has 164 valence electrons. The Bertz CT molecular complexity index is 908. The van der Waals surface area contributed by atoms with Crippen LogP contribution in [0.3, 0.4) is 0 Å². The lowest BCUT2D eigenvalue weighted by atomic mass is 9.73. The fourth-order valence-electron chi connectivity index (χ4n) is 5.19. The quantitative estimate of drug-likeness (QED) is 0.404. The van der Waals surface area contributed by atoms with Crippen molar-refractivity contribution >= 4 is 37.3 Å². The van der Waals surface area contributed by atoms with Gasteiger partial charge in [-0.25, -0.2) is 4.68 Å². The third-order valence-corrected chi connectivity index (χ3v) is 6.94. The van der Waals surface area contributed by atoms with E-state index in [-0.39, 0.29) is 26.4 Å². The highest BCUT2D eigenvalue weighted by Crippen LogP contribution is 2.42. The molecule has 3 unspecified atom stereocenters. The molecule has 9 nitrogen and oxygen atoms in total. The Labute approximate surface area is 182 Å². The van der Waals surface area contributed by atoms with E-state index in [0.717, 1.165) is 49.3 Å². The first-order chi connectivity index (χ1) is 14.6. The van der Waals surface area contributed by atoms with Crippen LogP contribution in [-0.4, -0.2) is 81.8 Å². The standard InChI is InChI=1S/C19H28ClN6O3P/c1-24-6-2-5-19(9-24)10-25(11-19)16-14-7-21-26(17(14)23-18(20)22-16)15-4-3-13(29-15)8-28-12-30-27/h7,13,15,27,30H,2-6,8-12H2,1H3. The van der Waals surface area contributed by atoms with Crippen LogP contribution in [0.1, 0.15) is 31.9 Å². The minimum absolute atomic E-state index is 0.000844. The highest BCUT2D eigenvalue weighted by Gasteiger charge is 2.46. The van der Waals surface area contributed by atoms with E-state index in [1.165, 1.54) is 19.4 Å². The van der Waals surface area contributed by atoms with Crippen LogP contribution in [-0.2, 0) is 9.47 Å². The second kappa shape index (κ2) is 8.45. The lowest BCUT2D eigenvalue weighted by molar-refractivity contribution is -0.0376. The van der Waals surface area contributed by atoms with Crippen LogP contribution in [0, 0.1) is 5.41 Å². The van der Waals surface area contributed by atoms with Crippen molar-refractivity contribution in [2.75, 3.05) is 51.1 Å². The monoisotopic (exact) mass is 454 g/mol. The van der Waals surface area contributed by atoms with Gasteiger partial charge < -0.3 is 24.2 Å². The van der Waals surface area contributed by atoms with E-state index in [1.807, 2.05) is 10.9 Å². The summed E-state index contributed by atoms with van der Waals surface area (Å²) in [6.07, 6.45) is 6.24. The number of likely N-dealkylation sites (tertiary alicyclic amines) is 1. The van der Waals surface area contributed by atoms with Crippen molar-refractivity contribution < 1.29 is 14.4 Å². The fourth-order valence-corrected chi connectivity index (χ4v) is 5.56. The van der Waals surface area contributed by atoms with E-state index < -0.39 is 0 Å². The lowest BCUT2D eigenvalue weighted by Crippen LogP contribution is -2.62. The largest absolute Gasteiger partial charge is 0.375 e. The van der Waals surface area contributed by atoms with E-state index in [0.29, 0.717) is 18.4 Å². The highest BCUT2D eigenvalue weighted by atomic mass is 35.5. The molecule has 1 N–H and O–H groups in total. The number of ether oxygens (including phenoxy) is 2. The first-order valence-corrected chi connectivity index (χ1v) is 12.0. The summed E-state index contributed by atoms with van der Waals surface area (Å²) in [4.78, 5) is 22.7. The van der Waals surface area contributed by atoms with Gasteiger partial charge in [-0.2, -0.15) is 15.1 Å². The zero-order chi connectivity index (χ0) is 20.7. The van der Waals surface area contributed by atoms with Gasteiger partial charge in [0.25, 0.3) is 0 Å². The molecule has 2 aromatic rings. The average molecular weight is 455 g/mol. The van der Waals surface area contributed by atoms with Crippen molar-refractivity contribution in [3.8, 4) is 0 Å². The normalized spacial score (nSPS) is 27.0. The van der Waals surface area contributed by atoms with Crippen molar-refractivity contribution in [3.63, 3.8) is 0 Å². The van der Waals surface area contributed by atoms with Crippen molar-refractivity contribution in [2.45, 2.75) is 38.0 Å². The smallest absolute Gasteiger partial charge is 0.226 e. The molecule has 5 heterocycles. The minimum Gasteiger partial charge on any atom is -0.375 e. The summed E-state index contributed by atoms with van der Waals surface area (Å²) in [7, 11) is 2.01. The van der Waals surface area contributed by atoms with Gasteiger partial charge in [0.2, 0.25) is 5.28 Å². The summed E-state index contributed by atoms with van der Waals surface area (Å²) in [5.41, 5.74) is 1.08. The second-order valence-electron chi connectivity index (χ2n) is 8.80. The molecule has 2 aromatic heterocycles. The number of hydrogen-bond acceptors (Lipinski definition) is 8. The fraction of sp³-hybridized carbons (Fsp3) is 0.737. The topological polar surface area (TPSA) is 88.8 Å². The number of rotatable bonds is 6. The maximum atomic E-state index is 8.89. The van der Waals surface area contributed by atoms with Crippen molar-refractivity contribution in [3.05, 3.63) is 11.5 Å². The number of piperidine rings is 1. The van der Waals surface area contributed by atoms with Crippen LogP contribution in [0.15, 0.2) is 6.20 Å². The second-order valence-corrected chi connectivity index (χ2v) is 9.75. The van der Waals surface area contributed by atoms with Gasteiger partial charge in [-0.15, -0.1) is 0 Å². The first kappa shape index (κ1) is 20.8. The van der Waals surface area contributed by atoms with E-state index >= 15 is 0 Å². The van der Waals surface area contributed by atoms with Gasteiger partial charge in [-0.05, 0) is 50.9 Å². The summed E-state index contributed by atoms with van der Waals surface area (Å²) < 4.78 is 13.4. The number of hydrogen-bond donors (Lipinski definition) is 1. The summed E-state index contributed by atoms with van der Waals surface area (Å²) in [5, 5.41) is 5.74. The summed E-state index contributed by atoms with van der Waals surface area (Å²) in [5.74, 6) is 0.872. The van der Waals surface area contributed by atoms with Gasteiger partial charge >= 0.3 is 0 Å². The van der Waals surface area contributed by atoms with Crippen LogP contribution in [0.4, 0.5) is 5.82 Å². The van der Waals surface area contributed by atoms with Gasteiger partial charge in [0, 0.05) is 33.9 Å². The predicted molar refractivity (Wildman–Crippen MR) is 116 cm³/mol. The molecule has 0 radical (unpaired) electrons. The summed E-state index contributed by atoms with van der Waals surface area (Å²) in [6, 6.07) is 0. The molecule has 1 spiro atoms. The molecule has 3 saturated heterocycles. The van der Waals surface area contributed by atoms with Crippen LogP contribution in [0.2, 0.25) is 5.28 Å². The van der Waals surface area contributed by atoms with Gasteiger partial charge in [-0.1, -0.05) is 0 Å². The zero-order valence-corrected chi connectivity index (χ0v) is 18.9. The Kier molecular flexibility index (Phi) is 5.86. The van der Waals surface area contributed by atoms with Gasteiger partial charge in [0.05, 0.1) is 30.6 Å². The zero-order valence-electron chi connectivity index (χ0n) is 17.1. The average Bonchev–Trinajstić information content (AvgIpc) is 3.32. The summed E-state index contributed by atoms with van der Waals surface area (Å²) in [6.45, 7) is 4.80. The molecule has 5 rings (SSSR count). The Balaban J connectivity index is 1.33. The Morgan fingerprint density at radius 1 is 1.33 bits per heavy atom. The maximum absolute atomic E-state index is 8.89. The van der Waals surface area contributed by atoms with E-state index in [9.17, 15) is 0 Å². The number of halogens is 1. The van der Waals surface area contributed by atoms with Gasteiger partial charge in [-0.3, -0.25) is 0 Å². The first-order valence-electron chi connectivity index (χ1n) is 10.5. The number of nitrogens with zero attached hydrogens (tertiary/aromatic N) is 6. The molecule has 3 aliphatic heterocycles. The minimum atomic E-state index is -0.198. The van der Waals surface area contributed by atoms with E-state index in [2.05, 4.69) is 31.9 Å². The molecule has 3 atom stereocenters. The molecule has 0 aliphatic carbocycles. The lowest BCUT2D eigenvalue weighted by Gasteiger charge is -2.54. The van der Waals surface area contributed by atoms with Gasteiger partial charge in [0.15, 0.2) is 11.9 Å². The molecule has 0 aromatic carbocycles. The van der Waals surface area contributed by atoms with E-state index in [1.54, 1.807) is 0 Å². The predicted octanol–water partition coefficient (Wildman–Crippen LogP) is 2.25. The molecule has 11 heteroatoms. The van der Waals surface area contributed by atoms with Crippen LogP contribution in [0.5, 0.6) is 0 Å². The van der Waals surface area contributed by atoms with Crippen molar-refractivity contribution in [2.24, 2.45) is 5.41 Å². The van der Waals surface area contributed by atoms with Gasteiger partial charge in [0.1, 0.15) is 5.82 Å². The Hall–Kier alpha value is -1.09. The Morgan fingerprint density at radius 3 is 3.00 bits per heavy atom. The number of fused-ring (bicyclic) bond motifs is 1. The molecule has 3 aliphatic rings. The molecule has 0 amide bonds. The molecule has 30 heavy (non-hydrogen) atoms. The molecule has 0 bridgehead atoms. The van der Waals surface area contributed by atoms with Crippen molar-refractivity contribution in [1.82, 2.24) is 24.6 Å². The maximum Gasteiger partial charge on any atom is 0.226 e. The van der Waals surface area contributed by atoms with E-state index in [4.69, 9.17) is 26.0 Å². The number of aromatic nitrogens is 4. The third-order valence-electron chi connectivity index (χ3n) is 6.44. The van der Waals surface area contributed by atoms with Crippen LogP contribution < -0.4 is 4.90 Å². The SMILES string of the molecule is CN1CCCC2(C1)CN(c1nc(Cl)nc3c1cnn3C1CCC(COCPO)O1)C2. The molecular weight excluding hydrogens is 427 g/mol. The Morgan fingerprint density at radius 2 is 2.20 bits per heavy atom. The highest BCUT2D eigenvalue weighted by molar-refractivity contribution is 7.30. The van der Waals surface area contributed by atoms with Crippen molar-refractivity contribution in [1.29, 1.82) is 0 Å². The third kappa shape index (κ3) is 3.92. The summed E-state index contributed by atoms with van der Waals surface area (Å²) >= 11 is 6.32. The van der Waals surface area contributed by atoms with Crippen LogP contribution >= 0.6 is 20.4 Å². The molecule has 3 fully saturated rings. The molecule has 0 saturated carbocycles. The van der Waals surface area contributed by atoms with Crippen LogP contribution in [0.25, 0.3) is 11.0 Å². The number of anilines is 1. The molecular formula is C19H28ClN6O3P.